The zero-order valence-electron chi connectivity index (χ0n) is 7.69. The smallest absolute Gasteiger partial charge is 0.396 e. The van der Waals surface area contributed by atoms with E-state index in [-0.39, 0.29) is 6.54 Å². The maximum absolute atomic E-state index is 11.3. The molecule has 1 amide bonds. The van der Waals surface area contributed by atoms with Gasteiger partial charge in [0.15, 0.2) is 0 Å². The van der Waals surface area contributed by atoms with E-state index in [1.807, 2.05) is 0 Å². The van der Waals surface area contributed by atoms with Crippen molar-refractivity contribution in [2.45, 2.75) is 18.9 Å². The predicted molar refractivity (Wildman–Crippen MR) is 41.8 cm³/mol. The lowest BCUT2D eigenvalue weighted by molar-refractivity contribution is -0.310. The van der Waals surface area contributed by atoms with Crippen LogP contribution in [0.25, 0.3) is 0 Å². The summed E-state index contributed by atoms with van der Waals surface area (Å²) in [5, 5.41) is 10.6. The van der Waals surface area contributed by atoms with E-state index in [1.165, 1.54) is 0 Å². The Morgan fingerprint density at radius 1 is 1.43 bits per heavy atom. The summed E-state index contributed by atoms with van der Waals surface area (Å²) in [6.07, 6.45) is 0.881. The molecule has 78 valence electrons. The molecule has 1 unspecified atom stereocenters. The van der Waals surface area contributed by atoms with E-state index in [9.17, 15) is 19.5 Å². The highest BCUT2D eigenvalue weighted by atomic mass is 16.5. The highest BCUT2D eigenvalue weighted by molar-refractivity contribution is 6.32. The first kappa shape index (κ1) is 10.5. The minimum atomic E-state index is -1.33. The summed E-state index contributed by atoms with van der Waals surface area (Å²) in [7, 11) is 1.07. The Bertz CT molecular complexity index is 275. The number of ether oxygens (including phenoxy) is 1. The van der Waals surface area contributed by atoms with Crippen molar-refractivity contribution < 1.29 is 24.2 Å². The molecule has 0 aliphatic carbocycles. The Balaban J connectivity index is 2.72. The molecule has 0 aromatic rings. The van der Waals surface area contributed by atoms with E-state index >= 15 is 0 Å². The van der Waals surface area contributed by atoms with E-state index in [0.717, 1.165) is 12.0 Å². The number of methoxy groups -OCH3 is 1. The minimum Gasteiger partial charge on any atom is -0.548 e. The van der Waals surface area contributed by atoms with Gasteiger partial charge in [0.2, 0.25) is 0 Å². The van der Waals surface area contributed by atoms with Gasteiger partial charge in [0.1, 0.15) is 0 Å². The van der Waals surface area contributed by atoms with E-state index in [4.69, 9.17) is 0 Å². The van der Waals surface area contributed by atoms with Crippen molar-refractivity contribution in [2.24, 2.45) is 0 Å². The molecule has 14 heavy (non-hydrogen) atoms. The molecule has 0 bridgehead atoms. The number of esters is 1. The van der Waals surface area contributed by atoms with Crippen LogP contribution in [0.15, 0.2) is 0 Å². The largest absolute Gasteiger partial charge is 0.548 e. The molecule has 0 radical (unpaired) electrons. The van der Waals surface area contributed by atoms with Gasteiger partial charge in [-0.15, -0.1) is 0 Å². The van der Waals surface area contributed by atoms with Crippen LogP contribution in [-0.4, -0.2) is 42.4 Å². The second kappa shape index (κ2) is 4.08. The number of carbonyl (C=O) groups excluding carboxylic acids is 3. The maximum atomic E-state index is 11.3. The van der Waals surface area contributed by atoms with Crippen molar-refractivity contribution in [3.63, 3.8) is 0 Å². The number of nitrogens with zero attached hydrogens (tertiary/aromatic N) is 1. The highest BCUT2D eigenvalue weighted by Gasteiger charge is 2.33. The zero-order chi connectivity index (χ0) is 10.7. The van der Waals surface area contributed by atoms with Gasteiger partial charge in [-0.25, -0.2) is 4.79 Å². The van der Waals surface area contributed by atoms with Crippen molar-refractivity contribution in [3.05, 3.63) is 0 Å². The fraction of sp³-hybridized carbons (Fsp3) is 0.625. The Kier molecular flexibility index (Phi) is 3.06. The Morgan fingerprint density at radius 2 is 2.07 bits per heavy atom. The summed E-state index contributed by atoms with van der Waals surface area (Å²) in [6, 6.07) is -0.999. The molecule has 6 heteroatoms. The lowest BCUT2D eigenvalue weighted by Gasteiger charge is -2.23. The lowest BCUT2D eigenvalue weighted by Crippen LogP contribution is -2.49. The van der Waals surface area contributed by atoms with Gasteiger partial charge in [-0.3, -0.25) is 4.79 Å². The van der Waals surface area contributed by atoms with E-state index in [0.29, 0.717) is 12.8 Å². The normalized spacial score (nSPS) is 20.6. The van der Waals surface area contributed by atoms with Crippen LogP contribution in [0.4, 0.5) is 0 Å². The van der Waals surface area contributed by atoms with E-state index in [2.05, 4.69) is 4.74 Å². The van der Waals surface area contributed by atoms with Crippen molar-refractivity contribution >= 4 is 17.8 Å². The van der Waals surface area contributed by atoms with Crippen LogP contribution in [-0.2, 0) is 19.1 Å². The van der Waals surface area contributed by atoms with Gasteiger partial charge in [-0.1, -0.05) is 0 Å². The molecule has 1 fully saturated rings. The number of amides is 1. The minimum absolute atomic E-state index is 0.257. The van der Waals surface area contributed by atoms with Gasteiger partial charge in [0, 0.05) is 6.54 Å². The predicted octanol–water partition coefficient (Wildman–Crippen LogP) is -2.10. The Morgan fingerprint density at radius 3 is 2.57 bits per heavy atom. The summed E-state index contributed by atoms with van der Waals surface area (Å²) in [4.78, 5) is 33.6. The number of carbonyl (C=O) groups is 3. The van der Waals surface area contributed by atoms with Gasteiger partial charge in [0.25, 0.3) is 0 Å². The third-order valence-electron chi connectivity index (χ3n) is 2.15. The second-order valence-corrected chi connectivity index (χ2v) is 2.97. The zero-order valence-corrected chi connectivity index (χ0v) is 7.69. The van der Waals surface area contributed by atoms with Gasteiger partial charge < -0.3 is 19.5 Å². The number of aliphatic carboxylic acids is 1. The standard InChI is InChI=1S/C8H11NO5/c1-14-8(13)6(10)9-4-2-3-5(9)7(11)12/h5H,2-4H2,1H3,(H,11,12)/p-1. The van der Waals surface area contributed by atoms with Crippen LogP contribution in [0, 0.1) is 0 Å². The summed E-state index contributed by atoms with van der Waals surface area (Å²) in [6.45, 7) is 0.257. The van der Waals surface area contributed by atoms with Crippen molar-refractivity contribution in [1.82, 2.24) is 4.90 Å². The molecular formula is C8H10NO5-. The fourth-order valence-electron chi connectivity index (χ4n) is 1.46. The lowest BCUT2D eigenvalue weighted by atomic mass is 10.2. The third-order valence-corrected chi connectivity index (χ3v) is 2.15. The monoisotopic (exact) mass is 200 g/mol. The first-order valence-electron chi connectivity index (χ1n) is 4.17. The molecular weight excluding hydrogens is 190 g/mol. The van der Waals surface area contributed by atoms with Crippen LogP contribution in [0.5, 0.6) is 0 Å². The van der Waals surface area contributed by atoms with E-state index < -0.39 is 23.9 Å². The number of likely N-dealkylation sites (tertiary alicyclic amines) is 1. The SMILES string of the molecule is COC(=O)C(=O)N1CCCC1C(=O)[O-]. The molecule has 1 rings (SSSR count). The average molecular weight is 200 g/mol. The number of hydrogen-bond acceptors (Lipinski definition) is 5. The molecule has 1 atom stereocenters. The van der Waals surface area contributed by atoms with Crippen molar-refractivity contribution in [3.8, 4) is 0 Å². The molecule has 1 aliphatic rings. The molecule has 0 N–H and O–H groups in total. The van der Waals surface area contributed by atoms with Crippen LogP contribution < -0.4 is 5.11 Å². The molecule has 6 nitrogen and oxygen atoms in total. The van der Waals surface area contributed by atoms with Crippen LogP contribution in [0.1, 0.15) is 12.8 Å². The second-order valence-electron chi connectivity index (χ2n) is 2.97. The van der Waals surface area contributed by atoms with Crippen LogP contribution >= 0.6 is 0 Å². The molecule has 0 aromatic heterocycles. The van der Waals surface area contributed by atoms with Gasteiger partial charge in [0.05, 0.1) is 19.1 Å². The summed E-state index contributed by atoms with van der Waals surface area (Å²) in [5.41, 5.74) is 0. The van der Waals surface area contributed by atoms with Gasteiger partial charge >= 0.3 is 11.9 Å². The van der Waals surface area contributed by atoms with Crippen LogP contribution in [0.3, 0.4) is 0 Å². The number of carboxylic acids is 1. The quantitative estimate of drug-likeness (QED) is 0.357. The molecule has 1 heterocycles. The number of hydrogen-bond donors (Lipinski definition) is 0. The topological polar surface area (TPSA) is 86.7 Å². The fourth-order valence-corrected chi connectivity index (χ4v) is 1.46. The maximum Gasteiger partial charge on any atom is 0.396 e. The average Bonchev–Trinajstić information content (AvgIpc) is 2.63. The molecule has 0 aromatic carbocycles. The number of carboxylic acid groups (broad SMARTS) is 1. The van der Waals surface area contributed by atoms with Crippen LogP contribution in [0.2, 0.25) is 0 Å². The molecule has 1 aliphatic heterocycles. The Labute approximate surface area is 80.4 Å². The van der Waals surface area contributed by atoms with Crippen molar-refractivity contribution in [2.75, 3.05) is 13.7 Å². The summed E-state index contributed by atoms with van der Waals surface area (Å²) >= 11 is 0. The third kappa shape index (κ3) is 1.84. The van der Waals surface area contributed by atoms with E-state index in [1.54, 1.807) is 0 Å². The Hall–Kier alpha value is -1.59. The first-order chi connectivity index (χ1) is 6.57. The first-order valence-corrected chi connectivity index (χ1v) is 4.17. The number of rotatable bonds is 1. The van der Waals surface area contributed by atoms with Gasteiger partial charge in [-0.2, -0.15) is 0 Å². The molecule has 0 saturated carbocycles. The summed E-state index contributed by atoms with van der Waals surface area (Å²) < 4.78 is 4.21. The highest BCUT2D eigenvalue weighted by Crippen LogP contribution is 2.16. The van der Waals surface area contributed by atoms with Crippen molar-refractivity contribution in [1.29, 1.82) is 0 Å². The summed E-state index contributed by atoms with van der Waals surface area (Å²) in [5.74, 6) is -3.29. The molecule has 1 saturated heterocycles. The molecule has 0 spiro atoms. The van der Waals surface area contributed by atoms with Gasteiger partial charge in [-0.05, 0) is 12.8 Å².